The van der Waals surface area contributed by atoms with E-state index < -0.39 is 24.4 Å². The molecule has 3 aromatic rings. The first-order chi connectivity index (χ1) is 16.4. The monoisotopic (exact) mass is 502 g/mol. The average molecular weight is 503 g/mol. The quantitative estimate of drug-likeness (QED) is 0.409. The fourth-order valence-electron chi connectivity index (χ4n) is 3.48. The largest absolute Gasteiger partial charge is 0.481 e. The molecule has 0 spiro atoms. The summed E-state index contributed by atoms with van der Waals surface area (Å²) in [5.74, 6) is -1.47. The van der Waals surface area contributed by atoms with Crippen LogP contribution < -0.4 is 10.1 Å². The van der Waals surface area contributed by atoms with Gasteiger partial charge in [0.1, 0.15) is 6.04 Å². The lowest BCUT2D eigenvalue weighted by atomic mass is 10.0. The number of nitrogens with zero attached hydrogens (tertiary/aromatic N) is 1. The zero-order valence-corrected chi connectivity index (χ0v) is 20.2. The number of carbonyl (C=O) groups excluding carboxylic acids is 2. The van der Waals surface area contributed by atoms with E-state index in [0.29, 0.717) is 22.2 Å². The van der Waals surface area contributed by atoms with Crippen LogP contribution in [0.25, 0.3) is 0 Å². The molecule has 0 saturated heterocycles. The summed E-state index contributed by atoms with van der Waals surface area (Å²) in [6.07, 6.45) is 0.264. The number of amides is 2. The molecule has 178 valence electrons. The first kappa shape index (κ1) is 25.5. The Labute approximate surface area is 208 Å². The molecule has 34 heavy (non-hydrogen) atoms. The second kappa shape index (κ2) is 12.4. The van der Waals surface area contributed by atoms with Crippen molar-refractivity contribution in [3.05, 3.63) is 99.8 Å². The number of halogens is 3. The van der Waals surface area contributed by atoms with Crippen LogP contribution in [0.15, 0.2) is 72.8 Å². The van der Waals surface area contributed by atoms with E-state index in [1.807, 2.05) is 30.3 Å². The number of hydrogen-bond donors (Lipinski definition) is 1. The van der Waals surface area contributed by atoms with Gasteiger partial charge in [0.05, 0.1) is 0 Å². The molecule has 3 rings (SSSR count). The molecule has 0 heterocycles. The molecule has 0 fully saturated rings. The van der Waals surface area contributed by atoms with Crippen LogP contribution in [0.2, 0.25) is 10.0 Å². The number of benzene rings is 3. The maximum atomic E-state index is 14.0. The Kier molecular flexibility index (Phi) is 9.31. The molecule has 5 nitrogen and oxygen atoms in total. The van der Waals surface area contributed by atoms with Gasteiger partial charge in [-0.3, -0.25) is 9.59 Å². The van der Waals surface area contributed by atoms with Gasteiger partial charge in [0.15, 0.2) is 18.2 Å². The molecule has 0 aliphatic rings. The van der Waals surface area contributed by atoms with E-state index in [1.165, 1.54) is 23.1 Å². The highest BCUT2D eigenvalue weighted by Crippen LogP contribution is 2.27. The molecular weight excluding hydrogens is 478 g/mol. The highest BCUT2D eigenvalue weighted by molar-refractivity contribution is 6.36. The standard InChI is InChI=1S/C26H25Cl2FN2O3/c1-2-30-26(33)23(15-18-9-4-3-5-10-18)31(16-19-20(27)11-8-12-21(19)28)25(32)17-34-24-14-7-6-13-22(24)29/h3-14,23H,2,15-17H2,1H3,(H,30,33). The van der Waals surface area contributed by atoms with Crippen molar-refractivity contribution in [2.75, 3.05) is 13.2 Å². The predicted molar refractivity (Wildman–Crippen MR) is 132 cm³/mol. The second-order valence-electron chi connectivity index (χ2n) is 7.54. The van der Waals surface area contributed by atoms with Gasteiger partial charge in [-0.1, -0.05) is 71.7 Å². The van der Waals surface area contributed by atoms with E-state index in [4.69, 9.17) is 27.9 Å². The van der Waals surface area contributed by atoms with Gasteiger partial charge in [-0.2, -0.15) is 0 Å². The Bertz CT molecular complexity index is 1110. The van der Waals surface area contributed by atoms with Crippen LogP contribution in [0.3, 0.4) is 0 Å². The molecule has 1 N–H and O–H groups in total. The molecule has 0 aliphatic heterocycles. The second-order valence-corrected chi connectivity index (χ2v) is 8.36. The van der Waals surface area contributed by atoms with Crippen molar-refractivity contribution in [1.29, 1.82) is 0 Å². The minimum absolute atomic E-state index is 0.0212. The minimum Gasteiger partial charge on any atom is -0.481 e. The van der Waals surface area contributed by atoms with Crippen molar-refractivity contribution in [3.63, 3.8) is 0 Å². The molecule has 1 atom stereocenters. The van der Waals surface area contributed by atoms with Crippen molar-refractivity contribution in [3.8, 4) is 5.75 Å². The van der Waals surface area contributed by atoms with Crippen molar-refractivity contribution >= 4 is 35.0 Å². The predicted octanol–water partition coefficient (Wildman–Crippen LogP) is 5.29. The zero-order valence-electron chi connectivity index (χ0n) is 18.6. The third-order valence-corrected chi connectivity index (χ3v) is 5.91. The van der Waals surface area contributed by atoms with Gasteiger partial charge in [0.2, 0.25) is 5.91 Å². The van der Waals surface area contributed by atoms with Crippen LogP contribution in [0.1, 0.15) is 18.1 Å². The minimum atomic E-state index is -0.869. The van der Waals surface area contributed by atoms with Gasteiger partial charge in [0, 0.05) is 35.1 Å². The smallest absolute Gasteiger partial charge is 0.261 e. The summed E-state index contributed by atoms with van der Waals surface area (Å²) in [6.45, 7) is 1.71. The number of nitrogens with one attached hydrogen (secondary N) is 1. The number of hydrogen-bond acceptors (Lipinski definition) is 3. The lowest BCUT2D eigenvalue weighted by molar-refractivity contribution is -0.142. The van der Waals surface area contributed by atoms with Crippen LogP contribution in [-0.2, 0) is 22.6 Å². The number of para-hydroxylation sites is 1. The number of ether oxygens (including phenoxy) is 1. The van der Waals surface area contributed by atoms with Crippen LogP contribution in [0.4, 0.5) is 4.39 Å². The fraction of sp³-hybridized carbons (Fsp3) is 0.231. The van der Waals surface area contributed by atoms with E-state index in [0.717, 1.165) is 5.56 Å². The molecule has 0 saturated carbocycles. The van der Waals surface area contributed by atoms with Gasteiger partial charge in [0.25, 0.3) is 5.91 Å². The van der Waals surface area contributed by atoms with Gasteiger partial charge in [-0.05, 0) is 36.8 Å². The Balaban J connectivity index is 1.95. The molecule has 3 aromatic carbocycles. The van der Waals surface area contributed by atoms with Gasteiger partial charge < -0.3 is 15.0 Å². The molecule has 2 amide bonds. The average Bonchev–Trinajstić information content (AvgIpc) is 2.83. The first-order valence-corrected chi connectivity index (χ1v) is 11.6. The van der Waals surface area contributed by atoms with Crippen molar-refractivity contribution in [2.45, 2.75) is 25.9 Å². The normalized spacial score (nSPS) is 11.5. The highest BCUT2D eigenvalue weighted by Gasteiger charge is 2.31. The summed E-state index contributed by atoms with van der Waals surface area (Å²) in [4.78, 5) is 27.9. The Morgan fingerprint density at radius 2 is 1.62 bits per heavy atom. The SMILES string of the molecule is CCNC(=O)C(Cc1ccccc1)N(Cc1c(Cl)cccc1Cl)C(=O)COc1ccccc1F. The zero-order chi connectivity index (χ0) is 24.5. The van der Waals surface area contributed by atoms with Crippen LogP contribution in [0.5, 0.6) is 5.75 Å². The van der Waals surface area contributed by atoms with Crippen molar-refractivity contribution in [2.24, 2.45) is 0 Å². The summed E-state index contributed by atoms with van der Waals surface area (Å²) in [6, 6.07) is 19.3. The fourth-order valence-corrected chi connectivity index (χ4v) is 4.00. The van der Waals surface area contributed by atoms with Crippen molar-refractivity contribution < 1.29 is 18.7 Å². The Morgan fingerprint density at radius 1 is 0.971 bits per heavy atom. The first-order valence-electron chi connectivity index (χ1n) is 10.8. The molecule has 0 bridgehead atoms. The van der Waals surface area contributed by atoms with E-state index in [2.05, 4.69) is 5.32 Å². The summed E-state index contributed by atoms with van der Waals surface area (Å²) in [7, 11) is 0. The van der Waals surface area contributed by atoms with E-state index >= 15 is 0 Å². The van der Waals surface area contributed by atoms with E-state index in [9.17, 15) is 14.0 Å². The summed E-state index contributed by atoms with van der Waals surface area (Å²) < 4.78 is 19.5. The van der Waals surface area contributed by atoms with E-state index in [1.54, 1.807) is 31.2 Å². The Morgan fingerprint density at radius 3 is 2.26 bits per heavy atom. The van der Waals surface area contributed by atoms with Crippen LogP contribution >= 0.6 is 23.2 Å². The third kappa shape index (κ3) is 6.72. The highest BCUT2D eigenvalue weighted by atomic mass is 35.5. The summed E-state index contributed by atoms with van der Waals surface area (Å²) >= 11 is 12.7. The van der Waals surface area contributed by atoms with Gasteiger partial charge >= 0.3 is 0 Å². The molecule has 0 aromatic heterocycles. The topological polar surface area (TPSA) is 58.6 Å². The molecule has 0 aliphatic carbocycles. The van der Waals surface area contributed by atoms with Crippen LogP contribution in [0, 0.1) is 5.82 Å². The molecule has 8 heteroatoms. The lowest BCUT2D eigenvalue weighted by Gasteiger charge is -2.32. The lowest BCUT2D eigenvalue weighted by Crippen LogP contribution is -2.51. The summed E-state index contributed by atoms with van der Waals surface area (Å²) in [5, 5.41) is 3.54. The van der Waals surface area contributed by atoms with Gasteiger partial charge in [-0.25, -0.2) is 4.39 Å². The molecule has 0 radical (unpaired) electrons. The molecular formula is C26H25Cl2FN2O3. The van der Waals surface area contributed by atoms with Crippen LogP contribution in [-0.4, -0.2) is 35.9 Å². The van der Waals surface area contributed by atoms with E-state index in [-0.39, 0.29) is 24.6 Å². The number of carbonyl (C=O) groups is 2. The van der Waals surface area contributed by atoms with Gasteiger partial charge in [-0.15, -0.1) is 0 Å². The maximum Gasteiger partial charge on any atom is 0.261 e. The summed E-state index contributed by atoms with van der Waals surface area (Å²) in [5.41, 5.74) is 1.38. The Hall–Kier alpha value is -3.09. The van der Waals surface area contributed by atoms with Crippen molar-refractivity contribution in [1.82, 2.24) is 10.2 Å². The third-order valence-electron chi connectivity index (χ3n) is 5.20. The number of rotatable bonds is 10. The number of likely N-dealkylation sites (N-methyl/N-ethyl adjacent to an activating group) is 1. The molecule has 1 unspecified atom stereocenters. The maximum absolute atomic E-state index is 14.0.